The lowest BCUT2D eigenvalue weighted by Crippen LogP contribution is -2.36. The highest BCUT2D eigenvalue weighted by Crippen LogP contribution is 2.35. The van der Waals surface area contributed by atoms with Gasteiger partial charge >= 0.3 is 0 Å². The Morgan fingerprint density at radius 3 is 2.75 bits per heavy atom. The quantitative estimate of drug-likeness (QED) is 0.886. The van der Waals surface area contributed by atoms with Crippen LogP contribution in [-0.4, -0.2) is 23.1 Å². The lowest BCUT2D eigenvalue weighted by molar-refractivity contribution is 0.0427. The second-order valence-corrected chi connectivity index (χ2v) is 6.18. The summed E-state index contributed by atoms with van der Waals surface area (Å²) in [6.45, 7) is 6.83. The van der Waals surface area contributed by atoms with Crippen molar-refractivity contribution in [1.82, 2.24) is 9.97 Å². The zero-order chi connectivity index (χ0) is 14.7. The van der Waals surface area contributed by atoms with E-state index in [9.17, 15) is 0 Å². The van der Waals surface area contributed by atoms with Gasteiger partial charge in [-0.05, 0) is 30.6 Å². The van der Waals surface area contributed by atoms with E-state index in [-0.39, 0.29) is 12.1 Å². The molecule has 0 saturated heterocycles. The van der Waals surface area contributed by atoms with Crippen LogP contribution in [-0.2, 0) is 0 Å². The second kappa shape index (κ2) is 6.29. The third-order valence-electron chi connectivity index (χ3n) is 4.21. The molecule has 2 rings (SSSR count). The van der Waals surface area contributed by atoms with Gasteiger partial charge in [0.15, 0.2) is 0 Å². The lowest BCUT2D eigenvalue weighted by atomic mass is 9.75. The molecule has 0 spiro atoms. The Morgan fingerprint density at radius 1 is 1.35 bits per heavy atom. The predicted molar refractivity (Wildman–Crippen MR) is 81.8 cm³/mol. The van der Waals surface area contributed by atoms with Crippen molar-refractivity contribution >= 4 is 11.8 Å². The third-order valence-corrected chi connectivity index (χ3v) is 4.21. The minimum absolute atomic E-state index is 0.220. The number of nitrogen functional groups attached to an aromatic ring is 1. The molecule has 0 aromatic carbocycles. The molecule has 1 heterocycles. The maximum atomic E-state index is 6.15. The van der Waals surface area contributed by atoms with Crippen LogP contribution in [0.1, 0.15) is 40.0 Å². The summed E-state index contributed by atoms with van der Waals surface area (Å²) in [4.78, 5) is 8.29. The molecule has 20 heavy (non-hydrogen) atoms. The fourth-order valence-electron chi connectivity index (χ4n) is 3.04. The summed E-state index contributed by atoms with van der Waals surface area (Å²) in [5.74, 6) is 3.43. The van der Waals surface area contributed by atoms with E-state index in [1.54, 1.807) is 0 Å². The number of nitrogens with zero attached hydrogens (tertiary/aromatic N) is 2. The first kappa shape index (κ1) is 14.9. The summed E-state index contributed by atoms with van der Waals surface area (Å²) in [6, 6.07) is 1.81. The first-order valence-corrected chi connectivity index (χ1v) is 7.48. The van der Waals surface area contributed by atoms with Gasteiger partial charge in [-0.2, -0.15) is 9.97 Å². The largest absolute Gasteiger partial charge is 0.474 e. The molecule has 0 amide bonds. The molecule has 1 aliphatic carbocycles. The van der Waals surface area contributed by atoms with E-state index in [1.165, 1.54) is 12.8 Å². The molecule has 5 nitrogen and oxygen atoms in total. The molecular weight excluding hydrogens is 252 g/mol. The first-order chi connectivity index (χ1) is 9.49. The highest BCUT2D eigenvalue weighted by Gasteiger charge is 2.32. The van der Waals surface area contributed by atoms with Crippen molar-refractivity contribution in [2.24, 2.45) is 17.8 Å². The van der Waals surface area contributed by atoms with Crippen LogP contribution in [0.4, 0.5) is 11.8 Å². The van der Waals surface area contributed by atoms with Gasteiger partial charge in [-0.3, -0.25) is 0 Å². The Hall–Kier alpha value is -1.52. The van der Waals surface area contributed by atoms with Gasteiger partial charge in [-0.25, -0.2) is 0 Å². The van der Waals surface area contributed by atoms with Crippen molar-refractivity contribution in [3.8, 4) is 5.88 Å². The number of nitrogens with one attached hydrogen (secondary N) is 1. The fourth-order valence-corrected chi connectivity index (χ4v) is 3.04. The minimum atomic E-state index is 0.220. The number of rotatable bonds is 4. The molecule has 1 aliphatic rings. The maximum absolute atomic E-state index is 6.15. The monoisotopic (exact) mass is 278 g/mol. The van der Waals surface area contributed by atoms with E-state index in [0.717, 1.165) is 6.42 Å². The fraction of sp³-hybridized carbons (Fsp3) is 0.733. The molecule has 1 fully saturated rings. The first-order valence-electron chi connectivity index (χ1n) is 7.48. The Balaban J connectivity index is 2.15. The molecule has 1 aromatic heterocycles. The molecule has 5 heteroatoms. The van der Waals surface area contributed by atoms with Crippen molar-refractivity contribution < 1.29 is 4.74 Å². The van der Waals surface area contributed by atoms with Gasteiger partial charge in [0.2, 0.25) is 11.8 Å². The van der Waals surface area contributed by atoms with Crippen molar-refractivity contribution in [3.63, 3.8) is 0 Å². The molecule has 0 radical (unpaired) electrons. The maximum Gasteiger partial charge on any atom is 0.225 e. The van der Waals surface area contributed by atoms with E-state index in [2.05, 4.69) is 36.1 Å². The van der Waals surface area contributed by atoms with Crippen LogP contribution >= 0.6 is 0 Å². The van der Waals surface area contributed by atoms with Gasteiger partial charge in [-0.15, -0.1) is 0 Å². The third kappa shape index (κ3) is 3.52. The van der Waals surface area contributed by atoms with Gasteiger partial charge < -0.3 is 15.8 Å². The number of aromatic nitrogens is 2. The number of nitrogens with two attached hydrogens (primary N) is 1. The molecule has 3 N–H and O–H groups in total. The van der Waals surface area contributed by atoms with Gasteiger partial charge in [0, 0.05) is 13.1 Å². The average Bonchev–Trinajstić information content (AvgIpc) is 2.37. The standard InChI is InChI=1S/C15H26N4O/c1-9(2)11-6-5-10(3)7-12(11)20-14-8-13(17-4)18-15(16)19-14/h8-12H,5-7H2,1-4H3,(H3,16,17,18,19). The van der Waals surface area contributed by atoms with Crippen LogP contribution in [0.2, 0.25) is 0 Å². The molecule has 112 valence electrons. The van der Waals surface area contributed by atoms with Gasteiger partial charge in [0.25, 0.3) is 0 Å². The van der Waals surface area contributed by atoms with Gasteiger partial charge in [0.1, 0.15) is 11.9 Å². The molecule has 1 aromatic rings. The summed E-state index contributed by atoms with van der Waals surface area (Å²) >= 11 is 0. The molecule has 3 atom stereocenters. The zero-order valence-electron chi connectivity index (χ0n) is 12.9. The molecule has 0 bridgehead atoms. The van der Waals surface area contributed by atoms with Crippen LogP contribution < -0.4 is 15.8 Å². The van der Waals surface area contributed by atoms with Gasteiger partial charge in [0.05, 0.1) is 0 Å². The minimum Gasteiger partial charge on any atom is -0.474 e. The van der Waals surface area contributed by atoms with E-state index in [4.69, 9.17) is 10.5 Å². The highest BCUT2D eigenvalue weighted by atomic mass is 16.5. The van der Waals surface area contributed by atoms with Crippen LogP contribution in [0.25, 0.3) is 0 Å². The zero-order valence-corrected chi connectivity index (χ0v) is 12.9. The van der Waals surface area contributed by atoms with Gasteiger partial charge in [-0.1, -0.05) is 27.2 Å². The molecule has 1 saturated carbocycles. The molecule has 0 aliphatic heterocycles. The Morgan fingerprint density at radius 2 is 2.10 bits per heavy atom. The summed E-state index contributed by atoms with van der Waals surface area (Å²) in [6.07, 6.45) is 3.82. The predicted octanol–water partition coefficient (Wildman–Crippen LogP) is 2.94. The number of hydrogen-bond acceptors (Lipinski definition) is 5. The second-order valence-electron chi connectivity index (χ2n) is 6.18. The van der Waals surface area contributed by atoms with E-state index >= 15 is 0 Å². The summed E-state index contributed by atoms with van der Waals surface area (Å²) < 4.78 is 6.15. The topological polar surface area (TPSA) is 73.1 Å². The van der Waals surface area contributed by atoms with Crippen molar-refractivity contribution in [2.45, 2.75) is 46.1 Å². The summed E-state index contributed by atoms with van der Waals surface area (Å²) in [7, 11) is 1.81. The SMILES string of the molecule is CNc1cc(OC2CC(C)CCC2C(C)C)nc(N)n1. The number of anilines is 2. The summed E-state index contributed by atoms with van der Waals surface area (Å²) in [5.41, 5.74) is 5.72. The number of hydrogen-bond donors (Lipinski definition) is 2. The van der Waals surface area contributed by atoms with E-state index in [1.807, 2.05) is 13.1 Å². The average molecular weight is 278 g/mol. The van der Waals surface area contributed by atoms with Crippen LogP contribution in [0, 0.1) is 17.8 Å². The Bertz CT molecular complexity index is 449. The molecular formula is C15H26N4O. The normalized spacial score (nSPS) is 26.6. The highest BCUT2D eigenvalue weighted by molar-refractivity contribution is 5.42. The van der Waals surface area contributed by atoms with E-state index in [0.29, 0.717) is 29.5 Å². The van der Waals surface area contributed by atoms with Crippen molar-refractivity contribution in [2.75, 3.05) is 18.1 Å². The van der Waals surface area contributed by atoms with Crippen LogP contribution in [0.15, 0.2) is 6.07 Å². The van der Waals surface area contributed by atoms with E-state index < -0.39 is 0 Å². The smallest absolute Gasteiger partial charge is 0.225 e. The number of ether oxygens (including phenoxy) is 1. The summed E-state index contributed by atoms with van der Waals surface area (Å²) in [5, 5.41) is 2.98. The van der Waals surface area contributed by atoms with Crippen LogP contribution in [0.5, 0.6) is 5.88 Å². The lowest BCUT2D eigenvalue weighted by Gasteiger charge is -2.37. The Kier molecular flexibility index (Phi) is 4.68. The Labute approximate surface area is 121 Å². The van der Waals surface area contributed by atoms with Crippen molar-refractivity contribution in [3.05, 3.63) is 6.07 Å². The van der Waals surface area contributed by atoms with Crippen LogP contribution in [0.3, 0.4) is 0 Å². The molecule has 3 unspecified atom stereocenters. The van der Waals surface area contributed by atoms with Crippen molar-refractivity contribution in [1.29, 1.82) is 0 Å².